The molecule has 0 saturated carbocycles. The molecule has 0 aliphatic carbocycles. The zero-order chi connectivity index (χ0) is 14.0. The van der Waals surface area contributed by atoms with Crippen LogP contribution in [0.1, 0.15) is 31.6 Å². The first-order valence-corrected chi connectivity index (χ1v) is 6.73. The highest BCUT2D eigenvalue weighted by atomic mass is 15.3. The summed E-state index contributed by atoms with van der Waals surface area (Å²) in [5.74, 6) is 0.642. The Hall–Kier alpha value is -1.56. The molecule has 0 radical (unpaired) electrons. The molecule has 1 aliphatic heterocycles. The van der Waals surface area contributed by atoms with Crippen LogP contribution in [0.3, 0.4) is 0 Å². The first-order valence-electron chi connectivity index (χ1n) is 6.73. The lowest BCUT2D eigenvalue weighted by molar-refractivity contribution is 0.283. The molecule has 0 spiro atoms. The highest BCUT2D eigenvalue weighted by Crippen LogP contribution is 2.26. The van der Waals surface area contributed by atoms with E-state index in [2.05, 4.69) is 52.3 Å². The number of likely N-dealkylation sites (N-methyl/N-ethyl adjacent to an activating group) is 1. The van der Waals surface area contributed by atoms with Gasteiger partial charge in [-0.05, 0) is 27.9 Å². The fourth-order valence-electron chi connectivity index (χ4n) is 2.36. The molecular weight excluding hydrogens is 240 g/mol. The Morgan fingerprint density at radius 2 is 2.21 bits per heavy atom. The summed E-state index contributed by atoms with van der Waals surface area (Å²) in [6.45, 7) is 6.89. The second kappa shape index (κ2) is 5.61. The minimum atomic E-state index is 0.213. The van der Waals surface area contributed by atoms with Gasteiger partial charge >= 0.3 is 0 Å². The normalized spacial score (nSPS) is 19.6. The molecule has 0 fully saturated rings. The van der Waals surface area contributed by atoms with Crippen LogP contribution in [0.25, 0.3) is 0 Å². The molecule has 0 amide bonds. The largest absolute Gasteiger partial charge is 0.370 e. The van der Waals surface area contributed by atoms with E-state index in [1.165, 1.54) is 5.69 Å². The number of aliphatic imine (C=N–C) groups is 1. The summed E-state index contributed by atoms with van der Waals surface area (Å²) in [5, 5.41) is 0. The molecule has 19 heavy (non-hydrogen) atoms. The van der Waals surface area contributed by atoms with Crippen LogP contribution >= 0.6 is 0 Å². The summed E-state index contributed by atoms with van der Waals surface area (Å²) < 4.78 is 2.20. The van der Waals surface area contributed by atoms with Crippen molar-refractivity contribution >= 4 is 5.96 Å². The maximum Gasteiger partial charge on any atom is 0.192 e. The van der Waals surface area contributed by atoms with Crippen molar-refractivity contribution in [2.45, 2.75) is 25.9 Å². The molecule has 2 heterocycles. The van der Waals surface area contributed by atoms with Gasteiger partial charge in [0.2, 0.25) is 0 Å². The summed E-state index contributed by atoms with van der Waals surface area (Å²) in [7, 11) is 4.13. The number of guanidine groups is 1. The second-order valence-electron chi connectivity index (χ2n) is 5.53. The number of aromatic nitrogens is 2. The SMILES string of the molecule is CC(C)n1cncc1C1CN=C(N)N1CCN(C)C. The quantitative estimate of drug-likeness (QED) is 0.850. The Morgan fingerprint density at radius 1 is 1.47 bits per heavy atom. The van der Waals surface area contributed by atoms with E-state index in [0.29, 0.717) is 12.0 Å². The van der Waals surface area contributed by atoms with Crippen molar-refractivity contribution in [3.63, 3.8) is 0 Å². The Labute approximate surface area is 114 Å². The van der Waals surface area contributed by atoms with E-state index < -0.39 is 0 Å². The third-order valence-electron chi connectivity index (χ3n) is 3.48. The number of nitrogens with zero attached hydrogens (tertiary/aromatic N) is 5. The number of nitrogens with two attached hydrogens (primary N) is 1. The van der Waals surface area contributed by atoms with Crippen molar-refractivity contribution in [2.75, 3.05) is 33.7 Å². The Kier molecular flexibility index (Phi) is 4.09. The summed E-state index contributed by atoms with van der Waals surface area (Å²) in [4.78, 5) is 13.0. The molecule has 1 unspecified atom stereocenters. The number of hydrogen-bond acceptors (Lipinski definition) is 5. The molecule has 1 aromatic heterocycles. The van der Waals surface area contributed by atoms with E-state index in [0.717, 1.165) is 19.6 Å². The van der Waals surface area contributed by atoms with Crippen molar-refractivity contribution in [1.29, 1.82) is 0 Å². The average Bonchev–Trinajstić information content (AvgIpc) is 2.92. The van der Waals surface area contributed by atoms with Gasteiger partial charge in [-0.25, -0.2) is 4.98 Å². The van der Waals surface area contributed by atoms with Gasteiger partial charge in [0.1, 0.15) is 0 Å². The molecule has 0 bridgehead atoms. The van der Waals surface area contributed by atoms with E-state index in [9.17, 15) is 0 Å². The fraction of sp³-hybridized carbons (Fsp3) is 0.692. The van der Waals surface area contributed by atoms with Crippen LogP contribution in [0.15, 0.2) is 17.5 Å². The van der Waals surface area contributed by atoms with Crippen LogP contribution in [0.2, 0.25) is 0 Å². The summed E-state index contributed by atoms with van der Waals surface area (Å²) in [6, 6.07) is 0.611. The summed E-state index contributed by atoms with van der Waals surface area (Å²) >= 11 is 0. The van der Waals surface area contributed by atoms with Gasteiger partial charge in [0.15, 0.2) is 5.96 Å². The lowest BCUT2D eigenvalue weighted by Gasteiger charge is -2.28. The van der Waals surface area contributed by atoms with Gasteiger partial charge in [-0.1, -0.05) is 0 Å². The molecule has 6 nitrogen and oxygen atoms in total. The Balaban J connectivity index is 2.16. The third kappa shape index (κ3) is 2.89. The average molecular weight is 264 g/mol. The number of hydrogen-bond donors (Lipinski definition) is 1. The van der Waals surface area contributed by atoms with Gasteiger partial charge in [-0.15, -0.1) is 0 Å². The lowest BCUT2D eigenvalue weighted by atomic mass is 10.2. The number of imidazole rings is 1. The van der Waals surface area contributed by atoms with Crippen LogP contribution < -0.4 is 5.73 Å². The maximum absolute atomic E-state index is 6.02. The molecule has 0 saturated heterocycles. The smallest absolute Gasteiger partial charge is 0.192 e. The first kappa shape index (κ1) is 13.9. The van der Waals surface area contributed by atoms with E-state index in [-0.39, 0.29) is 6.04 Å². The first-order chi connectivity index (χ1) is 9.00. The van der Waals surface area contributed by atoms with Crippen molar-refractivity contribution < 1.29 is 0 Å². The van der Waals surface area contributed by atoms with Crippen molar-refractivity contribution in [2.24, 2.45) is 10.7 Å². The van der Waals surface area contributed by atoms with Crippen molar-refractivity contribution in [3.05, 3.63) is 18.2 Å². The Bertz CT molecular complexity index is 448. The van der Waals surface area contributed by atoms with E-state index in [4.69, 9.17) is 5.73 Å². The predicted octanol–water partition coefficient (Wildman–Crippen LogP) is 0.697. The molecule has 1 aromatic rings. The van der Waals surface area contributed by atoms with Gasteiger partial charge < -0.3 is 20.1 Å². The van der Waals surface area contributed by atoms with Gasteiger partial charge in [0.05, 0.1) is 30.8 Å². The lowest BCUT2D eigenvalue weighted by Crippen LogP contribution is -2.40. The van der Waals surface area contributed by atoms with Crippen molar-refractivity contribution in [1.82, 2.24) is 19.4 Å². The van der Waals surface area contributed by atoms with E-state index in [1.54, 1.807) is 0 Å². The minimum Gasteiger partial charge on any atom is -0.370 e. The van der Waals surface area contributed by atoms with Crippen LogP contribution in [0, 0.1) is 0 Å². The van der Waals surface area contributed by atoms with Gasteiger partial charge in [-0.2, -0.15) is 0 Å². The summed E-state index contributed by atoms with van der Waals surface area (Å²) in [6.07, 6.45) is 3.82. The van der Waals surface area contributed by atoms with Gasteiger partial charge in [0.25, 0.3) is 0 Å². The van der Waals surface area contributed by atoms with Gasteiger partial charge in [0, 0.05) is 19.1 Å². The number of rotatable bonds is 5. The standard InChI is InChI=1S/C13H24N6/c1-10(2)19-9-15-7-11(19)12-8-16-13(14)18(12)6-5-17(3)4/h7,9-10,12H,5-6,8H2,1-4H3,(H2,14,16). The molecule has 2 rings (SSSR count). The predicted molar refractivity (Wildman–Crippen MR) is 77.1 cm³/mol. The Morgan fingerprint density at radius 3 is 2.84 bits per heavy atom. The zero-order valence-corrected chi connectivity index (χ0v) is 12.2. The van der Waals surface area contributed by atoms with Crippen molar-refractivity contribution in [3.8, 4) is 0 Å². The van der Waals surface area contributed by atoms with Crippen LogP contribution in [0.5, 0.6) is 0 Å². The fourth-order valence-corrected chi connectivity index (χ4v) is 2.36. The second-order valence-corrected chi connectivity index (χ2v) is 5.53. The monoisotopic (exact) mass is 264 g/mol. The highest BCUT2D eigenvalue weighted by molar-refractivity contribution is 5.80. The summed E-state index contributed by atoms with van der Waals surface area (Å²) in [5.41, 5.74) is 7.21. The zero-order valence-electron chi connectivity index (χ0n) is 12.2. The molecule has 106 valence electrons. The molecular formula is C13H24N6. The maximum atomic E-state index is 6.02. The molecule has 0 aromatic carbocycles. The molecule has 2 N–H and O–H groups in total. The molecule has 6 heteroatoms. The van der Waals surface area contributed by atoms with Gasteiger partial charge in [-0.3, -0.25) is 4.99 Å². The molecule has 1 atom stereocenters. The minimum absolute atomic E-state index is 0.213. The van der Waals surface area contributed by atoms with Crippen LogP contribution in [-0.2, 0) is 0 Å². The van der Waals surface area contributed by atoms with E-state index in [1.807, 2.05) is 12.5 Å². The topological polar surface area (TPSA) is 62.7 Å². The third-order valence-corrected chi connectivity index (χ3v) is 3.48. The highest BCUT2D eigenvalue weighted by Gasteiger charge is 2.29. The van der Waals surface area contributed by atoms with Crippen LogP contribution in [0.4, 0.5) is 0 Å². The molecule has 1 aliphatic rings. The van der Waals surface area contributed by atoms with E-state index >= 15 is 0 Å². The van der Waals surface area contributed by atoms with Crippen LogP contribution in [-0.4, -0.2) is 59.0 Å².